The van der Waals surface area contributed by atoms with Crippen molar-refractivity contribution in [1.82, 2.24) is 0 Å². The van der Waals surface area contributed by atoms with Gasteiger partial charge in [0.2, 0.25) is 0 Å². The van der Waals surface area contributed by atoms with Crippen LogP contribution in [0.3, 0.4) is 0 Å². The highest BCUT2D eigenvalue weighted by Gasteiger charge is 2.26. The van der Waals surface area contributed by atoms with Gasteiger partial charge >= 0.3 is 0 Å². The molecule has 1 atom stereocenters. The molecule has 0 spiro atoms. The first-order chi connectivity index (χ1) is 7.59. The van der Waals surface area contributed by atoms with Gasteiger partial charge in [0.05, 0.1) is 4.92 Å². The van der Waals surface area contributed by atoms with Gasteiger partial charge in [0.15, 0.2) is 0 Å². The molecule has 0 bridgehead atoms. The predicted octanol–water partition coefficient (Wildman–Crippen LogP) is 3.24. The fourth-order valence-corrected chi connectivity index (χ4v) is 2.34. The number of anilines is 1. The van der Waals surface area contributed by atoms with E-state index >= 15 is 0 Å². The summed E-state index contributed by atoms with van der Waals surface area (Å²) in [7, 11) is 0. The molecule has 1 heterocycles. The first-order valence-electron chi connectivity index (χ1n) is 5.30. The highest BCUT2D eigenvalue weighted by Crippen LogP contribution is 2.35. The SMILES string of the molecule is CC1CCCN1c1cc(Cl)ccc1[N+](=O)[O-]. The average Bonchev–Trinajstić information content (AvgIpc) is 2.63. The monoisotopic (exact) mass is 240 g/mol. The molecule has 0 N–H and O–H groups in total. The van der Waals surface area contributed by atoms with Crippen molar-refractivity contribution in [3.05, 3.63) is 33.3 Å². The van der Waals surface area contributed by atoms with Crippen molar-refractivity contribution in [3.63, 3.8) is 0 Å². The molecule has 1 aromatic rings. The van der Waals surface area contributed by atoms with Gasteiger partial charge < -0.3 is 4.90 Å². The number of hydrogen-bond acceptors (Lipinski definition) is 3. The van der Waals surface area contributed by atoms with E-state index < -0.39 is 0 Å². The number of nitro groups is 1. The number of hydrogen-bond donors (Lipinski definition) is 0. The average molecular weight is 241 g/mol. The summed E-state index contributed by atoms with van der Waals surface area (Å²) in [5, 5.41) is 11.5. The zero-order valence-electron chi connectivity index (χ0n) is 9.02. The smallest absolute Gasteiger partial charge is 0.292 e. The fraction of sp³-hybridized carbons (Fsp3) is 0.455. The van der Waals surface area contributed by atoms with Crippen LogP contribution in [0.1, 0.15) is 19.8 Å². The molecule has 1 fully saturated rings. The van der Waals surface area contributed by atoms with Gasteiger partial charge in [-0.3, -0.25) is 10.1 Å². The highest BCUT2D eigenvalue weighted by atomic mass is 35.5. The minimum Gasteiger partial charge on any atom is -0.363 e. The van der Waals surface area contributed by atoms with E-state index in [4.69, 9.17) is 11.6 Å². The largest absolute Gasteiger partial charge is 0.363 e. The second-order valence-corrected chi connectivity index (χ2v) is 4.51. The van der Waals surface area contributed by atoms with Crippen LogP contribution in [0, 0.1) is 10.1 Å². The van der Waals surface area contributed by atoms with Gasteiger partial charge in [0.1, 0.15) is 5.69 Å². The number of nitrogens with zero attached hydrogens (tertiary/aromatic N) is 2. The Morgan fingerprint density at radius 1 is 1.56 bits per heavy atom. The van der Waals surface area contributed by atoms with Gasteiger partial charge in [0, 0.05) is 23.7 Å². The van der Waals surface area contributed by atoms with E-state index in [-0.39, 0.29) is 10.6 Å². The molecular weight excluding hydrogens is 228 g/mol. The molecule has 0 aromatic heterocycles. The minimum absolute atomic E-state index is 0.137. The Kier molecular flexibility index (Phi) is 3.01. The van der Waals surface area contributed by atoms with Crippen LogP contribution in [0.5, 0.6) is 0 Å². The molecule has 5 heteroatoms. The number of benzene rings is 1. The topological polar surface area (TPSA) is 46.4 Å². The van der Waals surface area contributed by atoms with Gasteiger partial charge in [-0.25, -0.2) is 0 Å². The summed E-state index contributed by atoms with van der Waals surface area (Å²) in [6.45, 7) is 2.94. The first kappa shape index (κ1) is 11.2. The van der Waals surface area contributed by atoms with E-state index in [1.165, 1.54) is 6.07 Å². The highest BCUT2D eigenvalue weighted by molar-refractivity contribution is 6.31. The summed E-state index contributed by atoms with van der Waals surface area (Å²) < 4.78 is 0. The maximum absolute atomic E-state index is 10.9. The summed E-state index contributed by atoms with van der Waals surface area (Å²) in [5.74, 6) is 0. The number of halogens is 1. The molecule has 1 aliphatic rings. The molecule has 0 amide bonds. The van der Waals surface area contributed by atoms with Crippen LogP contribution >= 0.6 is 11.6 Å². The van der Waals surface area contributed by atoms with E-state index in [0.717, 1.165) is 19.4 Å². The Balaban J connectivity index is 2.44. The summed E-state index contributed by atoms with van der Waals surface area (Å²) in [6.07, 6.45) is 2.15. The van der Waals surface area contributed by atoms with Crippen molar-refractivity contribution in [2.24, 2.45) is 0 Å². The molecule has 86 valence electrons. The zero-order chi connectivity index (χ0) is 11.7. The van der Waals surface area contributed by atoms with Gasteiger partial charge in [-0.15, -0.1) is 0 Å². The molecule has 0 aliphatic carbocycles. The molecule has 16 heavy (non-hydrogen) atoms. The molecule has 0 saturated carbocycles. The van der Waals surface area contributed by atoms with Crippen molar-refractivity contribution in [3.8, 4) is 0 Å². The maximum atomic E-state index is 10.9. The van der Waals surface area contributed by atoms with Crippen molar-refractivity contribution >= 4 is 23.0 Å². The fourth-order valence-electron chi connectivity index (χ4n) is 2.17. The van der Waals surface area contributed by atoms with E-state index in [2.05, 4.69) is 11.8 Å². The summed E-state index contributed by atoms with van der Waals surface area (Å²) in [6, 6.07) is 5.06. The van der Waals surface area contributed by atoms with Crippen molar-refractivity contribution in [2.45, 2.75) is 25.8 Å². The van der Waals surface area contributed by atoms with Crippen LogP contribution in [-0.4, -0.2) is 17.5 Å². The van der Waals surface area contributed by atoms with E-state index in [1.54, 1.807) is 12.1 Å². The van der Waals surface area contributed by atoms with Crippen LogP contribution < -0.4 is 4.90 Å². The van der Waals surface area contributed by atoms with Crippen LogP contribution in [0.25, 0.3) is 0 Å². The first-order valence-corrected chi connectivity index (χ1v) is 5.68. The van der Waals surface area contributed by atoms with E-state index in [0.29, 0.717) is 16.8 Å². The molecular formula is C11H13ClN2O2. The predicted molar refractivity (Wildman–Crippen MR) is 64.1 cm³/mol. The summed E-state index contributed by atoms with van der Waals surface area (Å²) in [5.41, 5.74) is 0.778. The molecule has 2 rings (SSSR count). The van der Waals surface area contributed by atoms with Gasteiger partial charge in [0.25, 0.3) is 5.69 Å². The van der Waals surface area contributed by atoms with Gasteiger partial charge in [-0.1, -0.05) is 11.6 Å². The lowest BCUT2D eigenvalue weighted by Gasteiger charge is -2.23. The lowest BCUT2D eigenvalue weighted by atomic mass is 10.2. The number of nitro benzene ring substituents is 1. The molecule has 1 aromatic carbocycles. The normalized spacial score (nSPS) is 20.1. The van der Waals surface area contributed by atoms with Crippen LogP contribution in [0.15, 0.2) is 18.2 Å². The Morgan fingerprint density at radius 3 is 2.88 bits per heavy atom. The molecule has 1 saturated heterocycles. The Labute approximate surface area is 99.0 Å². The lowest BCUT2D eigenvalue weighted by molar-refractivity contribution is -0.384. The quantitative estimate of drug-likeness (QED) is 0.589. The number of rotatable bonds is 2. The third-order valence-corrected chi connectivity index (χ3v) is 3.23. The molecule has 0 radical (unpaired) electrons. The van der Waals surface area contributed by atoms with Crippen molar-refractivity contribution in [2.75, 3.05) is 11.4 Å². The van der Waals surface area contributed by atoms with Crippen molar-refractivity contribution in [1.29, 1.82) is 0 Å². The Morgan fingerprint density at radius 2 is 2.31 bits per heavy atom. The van der Waals surface area contributed by atoms with E-state index in [9.17, 15) is 10.1 Å². The standard InChI is InChI=1S/C11H13ClN2O2/c1-8-3-2-6-13(8)11-7-9(12)4-5-10(11)14(15)16/h4-5,7-8H,2-3,6H2,1H3. The Hall–Kier alpha value is -1.29. The second-order valence-electron chi connectivity index (χ2n) is 4.07. The third-order valence-electron chi connectivity index (χ3n) is 3.00. The zero-order valence-corrected chi connectivity index (χ0v) is 9.78. The van der Waals surface area contributed by atoms with Gasteiger partial charge in [-0.05, 0) is 31.9 Å². The minimum atomic E-state index is -0.350. The molecule has 4 nitrogen and oxygen atoms in total. The Bertz CT molecular complexity index is 422. The van der Waals surface area contributed by atoms with Crippen LogP contribution in [-0.2, 0) is 0 Å². The summed E-state index contributed by atoms with van der Waals surface area (Å²) >= 11 is 5.90. The lowest BCUT2D eigenvalue weighted by Crippen LogP contribution is -2.26. The van der Waals surface area contributed by atoms with Gasteiger partial charge in [-0.2, -0.15) is 0 Å². The second kappa shape index (κ2) is 4.29. The summed E-state index contributed by atoms with van der Waals surface area (Å²) in [4.78, 5) is 12.6. The maximum Gasteiger partial charge on any atom is 0.292 e. The molecule has 1 aliphatic heterocycles. The van der Waals surface area contributed by atoms with E-state index in [1.807, 2.05) is 0 Å². The van der Waals surface area contributed by atoms with Crippen LogP contribution in [0.4, 0.5) is 11.4 Å². The molecule has 1 unspecified atom stereocenters. The third kappa shape index (κ3) is 1.97. The van der Waals surface area contributed by atoms with Crippen LogP contribution in [0.2, 0.25) is 5.02 Å². The van der Waals surface area contributed by atoms with Crippen molar-refractivity contribution < 1.29 is 4.92 Å².